The maximum Gasteiger partial charge on any atom is 0.293 e. The van der Waals surface area contributed by atoms with Gasteiger partial charge in [-0.3, -0.25) is 9.69 Å². The molecule has 0 saturated carbocycles. The molecule has 0 amide bonds. The minimum atomic E-state index is -0.111. The average molecular weight is 367 g/mol. The second-order valence-electron chi connectivity index (χ2n) is 6.33. The van der Waals surface area contributed by atoms with E-state index in [1.54, 1.807) is 25.6 Å². The Hall–Kier alpha value is -1.90. The first-order chi connectivity index (χ1) is 12.0. The predicted octanol–water partition coefficient (Wildman–Crippen LogP) is 0.504. The maximum atomic E-state index is 12.2. The fourth-order valence-electron chi connectivity index (χ4n) is 2.94. The molecule has 25 heavy (non-hydrogen) atoms. The SMILES string of the molecule is CN(C[C@H]1CN(Cc2ncc(Cl)n2C)CCO1)c1nccn(C)c1=O. The lowest BCUT2D eigenvalue weighted by Crippen LogP contribution is -2.47. The summed E-state index contributed by atoms with van der Waals surface area (Å²) in [6.07, 6.45) is 4.95. The van der Waals surface area contributed by atoms with Crippen molar-refractivity contribution in [2.75, 3.05) is 38.2 Å². The zero-order valence-electron chi connectivity index (χ0n) is 14.7. The van der Waals surface area contributed by atoms with E-state index in [1.165, 1.54) is 4.57 Å². The van der Waals surface area contributed by atoms with E-state index in [2.05, 4.69) is 14.9 Å². The van der Waals surface area contributed by atoms with Gasteiger partial charge in [-0.25, -0.2) is 9.97 Å². The van der Waals surface area contributed by atoms with Gasteiger partial charge < -0.3 is 18.8 Å². The van der Waals surface area contributed by atoms with Crippen molar-refractivity contribution >= 4 is 17.4 Å². The van der Waals surface area contributed by atoms with E-state index in [0.29, 0.717) is 24.1 Å². The van der Waals surface area contributed by atoms with E-state index in [9.17, 15) is 4.79 Å². The third kappa shape index (κ3) is 4.02. The molecule has 1 fully saturated rings. The molecule has 0 spiro atoms. The Balaban J connectivity index is 1.62. The number of hydrogen-bond donors (Lipinski definition) is 0. The number of aryl methyl sites for hydroxylation is 1. The zero-order chi connectivity index (χ0) is 18.0. The van der Waals surface area contributed by atoms with E-state index in [4.69, 9.17) is 16.3 Å². The Kier molecular flexibility index (Phi) is 5.41. The van der Waals surface area contributed by atoms with Crippen LogP contribution in [0.5, 0.6) is 0 Å². The second-order valence-corrected chi connectivity index (χ2v) is 6.72. The summed E-state index contributed by atoms with van der Waals surface area (Å²) in [6.45, 7) is 3.58. The molecule has 0 aromatic carbocycles. The molecule has 1 aliphatic heterocycles. The second kappa shape index (κ2) is 7.55. The predicted molar refractivity (Wildman–Crippen MR) is 96.0 cm³/mol. The molecular formula is C16H23ClN6O2. The van der Waals surface area contributed by atoms with Crippen molar-refractivity contribution in [3.63, 3.8) is 0 Å². The van der Waals surface area contributed by atoms with E-state index in [1.807, 2.05) is 23.6 Å². The van der Waals surface area contributed by atoms with Gasteiger partial charge in [-0.1, -0.05) is 11.6 Å². The summed E-state index contributed by atoms with van der Waals surface area (Å²) in [7, 11) is 5.50. The fourth-order valence-corrected chi connectivity index (χ4v) is 3.09. The first kappa shape index (κ1) is 17.9. The van der Waals surface area contributed by atoms with E-state index >= 15 is 0 Å². The normalized spacial score (nSPS) is 18.5. The number of nitrogens with zero attached hydrogens (tertiary/aromatic N) is 6. The highest BCUT2D eigenvalue weighted by Crippen LogP contribution is 2.14. The summed E-state index contributed by atoms with van der Waals surface area (Å²) >= 11 is 6.05. The third-order valence-corrected chi connectivity index (χ3v) is 4.80. The number of halogens is 1. The standard InChI is InChI=1S/C16H23ClN6O2/c1-20-5-4-18-15(16(20)24)21(2)9-12-10-23(6-7-25-12)11-14-19-8-13(17)22(14)3/h4-5,8,12H,6-7,9-11H2,1-3H3/t12-/m0/s1. The molecular weight excluding hydrogens is 344 g/mol. The average Bonchev–Trinajstić information content (AvgIpc) is 2.89. The molecule has 3 rings (SSSR count). The largest absolute Gasteiger partial charge is 0.374 e. The van der Waals surface area contributed by atoms with Crippen LogP contribution in [0, 0.1) is 0 Å². The molecule has 9 heteroatoms. The summed E-state index contributed by atoms with van der Waals surface area (Å²) < 4.78 is 9.28. The Labute approximate surface area is 151 Å². The number of morpholine rings is 1. The van der Waals surface area contributed by atoms with Crippen molar-refractivity contribution in [3.8, 4) is 0 Å². The molecule has 0 aliphatic carbocycles. The van der Waals surface area contributed by atoms with Crippen molar-refractivity contribution in [1.29, 1.82) is 0 Å². The lowest BCUT2D eigenvalue weighted by atomic mass is 10.2. The molecule has 0 N–H and O–H groups in total. The van der Waals surface area contributed by atoms with Gasteiger partial charge in [0.25, 0.3) is 5.56 Å². The Morgan fingerprint density at radius 3 is 2.92 bits per heavy atom. The minimum absolute atomic E-state index is 0.00111. The van der Waals surface area contributed by atoms with Gasteiger partial charge in [-0.15, -0.1) is 0 Å². The smallest absolute Gasteiger partial charge is 0.293 e. The van der Waals surface area contributed by atoms with Crippen LogP contribution in [0.15, 0.2) is 23.4 Å². The minimum Gasteiger partial charge on any atom is -0.374 e. The molecule has 2 aromatic rings. The van der Waals surface area contributed by atoms with Crippen molar-refractivity contribution in [1.82, 2.24) is 24.0 Å². The van der Waals surface area contributed by atoms with Crippen molar-refractivity contribution in [2.45, 2.75) is 12.6 Å². The topological polar surface area (TPSA) is 68.4 Å². The van der Waals surface area contributed by atoms with Crippen molar-refractivity contribution in [3.05, 3.63) is 39.9 Å². The first-order valence-electron chi connectivity index (χ1n) is 8.18. The van der Waals surface area contributed by atoms with Crippen molar-refractivity contribution in [2.24, 2.45) is 14.1 Å². The third-order valence-electron chi connectivity index (χ3n) is 4.45. The molecule has 8 nitrogen and oxygen atoms in total. The van der Waals surface area contributed by atoms with E-state index < -0.39 is 0 Å². The van der Waals surface area contributed by atoms with Crippen LogP contribution in [0.1, 0.15) is 5.82 Å². The molecule has 1 saturated heterocycles. The Morgan fingerprint density at radius 2 is 2.20 bits per heavy atom. The zero-order valence-corrected chi connectivity index (χ0v) is 15.5. The molecule has 0 bridgehead atoms. The van der Waals surface area contributed by atoms with Gasteiger partial charge in [0.15, 0.2) is 5.82 Å². The highest BCUT2D eigenvalue weighted by atomic mass is 35.5. The van der Waals surface area contributed by atoms with E-state index in [0.717, 1.165) is 25.5 Å². The number of likely N-dealkylation sites (N-methyl/N-ethyl adjacent to an activating group) is 1. The monoisotopic (exact) mass is 366 g/mol. The Morgan fingerprint density at radius 1 is 1.40 bits per heavy atom. The van der Waals surface area contributed by atoms with Crippen LogP contribution in [0.25, 0.3) is 0 Å². The number of rotatable bonds is 5. The molecule has 1 aliphatic rings. The van der Waals surface area contributed by atoms with Crippen LogP contribution >= 0.6 is 11.6 Å². The van der Waals surface area contributed by atoms with Crippen LogP contribution in [0.4, 0.5) is 5.82 Å². The van der Waals surface area contributed by atoms with Crippen LogP contribution in [0.3, 0.4) is 0 Å². The highest BCUT2D eigenvalue weighted by Gasteiger charge is 2.24. The summed E-state index contributed by atoms with van der Waals surface area (Å²) in [5.41, 5.74) is -0.111. The lowest BCUT2D eigenvalue weighted by molar-refractivity contribution is -0.0274. The highest BCUT2D eigenvalue weighted by molar-refractivity contribution is 6.29. The summed E-state index contributed by atoms with van der Waals surface area (Å²) in [5.74, 6) is 1.36. The number of aromatic nitrogens is 4. The van der Waals surface area contributed by atoms with Gasteiger partial charge in [-0.2, -0.15) is 0 Å². The molecule has 3 heterocycles. The number of ether oxygens (including phenoxy) is 1. The summed E-state index contributed by atoms with van der Waals surface area (Å²) in [5, 5.41) is 0.630. The number of imidazole rings is 1. The fraction of sp³-hybridized carbons (Fsp3) is 0.562. The number of anilines is 1. The van der Waals surface area contributed by atoms with Gasteiger partial charge in [-0.05, 0) is 0 Å². The maximum absolute atomic E-state index is 12.2. The first-order valence-corrected chi connectivity index (χ1v) is 8.56. The van der Waals surface area contributed by atoms with Crippen LogP contribution in [0.2, 0.25) is 5.15 Å². The van der Waals surface area contributed by atoms with Gasteiger partial charge in [0.2, 0.25) is 0 Å². The Bertz CT molecular complexity index is 789. The van der Waals surface area contributed by atoms with Crippen molar-refractivity contribution < 1.29 is 4.74 Å². The van der Waals surface area contributed by atoms with Crippen LogP contribution in [-0.4, -0.2) is 63.4 Å². The van der Waals surface area contributed by atoms with E-state index in [-0.39, 0.29) is 11.7 Å². The van der Waals surface area contributed by atoms with Crippen LogP contribution < -0.4 is 10.5 Å². The van der Waals surface area contributed by atoms with Gasteiger partial charge >= 0.3 is 0 Å². The van der Waals surface area contributed by atoms with Gasteiger partial charge in [0.05, 0.1) is 25.5 Å². The number of hydrogen-bond acceptors (Lipinski definition) is 6. The van der Waals surface area contributed by atoms with Gasteiger partial charge in [0.1, 0.15) is 11.0 Å². The van der Waals surface area contributed by atoms with Crippen LogP contribution in [-0.2, 0) is 25.4 Å². The molecule has 1 atom stereocenters. The summed E-state index contributed by atoms with van der Waals surface area (Å²) in [6, 6.07) is 0. The lowest BCUT2D eigenvalue weighted by Gasteiger charge is -2.34. The quantitative estimate of drug-likeness (QED) is 0.767. The van der Waals surface area contributed by atoms with Gasteiger partial charge in [0, 0.05) is 53.2 Å². The molecule has 0 unspecified atom stereocenters. The molecule has 0 radical (unpaired) electrons. The molecule has 2 aromatic heterocycles. The summed E-state index contributed by atoms with van der Waals surface area (Å²) in [4.78, 5) is 24.9. The molecule has 136 valence electrons.